The minimum absolute atomic E-state index is 0.0211. The van der Waals surface area contributed by atoms with E-state index in [0.29, 0.717) is 17.0 Å². The van der Waals surface area contributed by atoms with Crippen molar-refractivity contribution in [3.63, 3.8) is 0 Å². The lowest BCUT2D eigenvalue weighted by Crippen LogP contribution is -2.23. The highest BCUT2D eigenvalue weighted by molar-refractivity contribution is 7.09. The lowest BCUT2D eigenvalue weighted by Gasteiger charge is -2.09. The molecule has 0 fully saturated rings. The fourth-order valence-electron chi connectivity index (χ4n) is 2.49. The molecule has 29 heavy (non-hydrogen) atoms. The molecule has 6 nitrogen and oxygen atoms in total. The zero-order valence-electron chi connectivity index (χ0n) is 15.1. The highest BCUT2D eigenvalue weighted by Crippen LogP contribution is 2.32. The highest BCUT2D eigenvalue weighted by atomic mass is 32.1. The molecular weight excluding hydrogens is 405 g/mol. The van der Waals surface area contributed by atoms with Gasteiger partial charge in [0.25, 0.3) is 5.91 Å². The summed E-state index contributed by atoms with van der Waals surface area (Å²) in [5.74, 6) is -0.882. The third-order valence-electron chi connectivity index (χ3n) is 3.84. The van der Waals surface area contributed by atoms with E-state index in [0.717, 1.165) is 23.7 Å². The first kappa shape index (κ1) is 20.5. The van der Waals surface area contributed by atoms with Crippen molar-refractivity contribution in [2.24, 2.45) is 0 Å². The maximum Gasteiger partial charge on any atom is 0.416 e. The second kappa shape index (κ2) is 8.39. The van der Waals surface area contributed by atoms with Crippen LogP contribution in [-0.2, 0) is 17.5 Å². The molecule has 0 radical (unpaired) electrons. The summed E-state index contributed by atoms with van der Waals surface area (Å²) in [6.07, 6.45) is -2.85. The van der Waals surface area contributed by atoms with Crippen molar-refractivity contribution in [3.8, 4) is 11.4 Å². The summed E-state index contributed by atoms with van der Waals surface area (Å²) in [6.45, 7) is 1.33. The first-order valence-corrected chi connectivity index (χ1v) is 9.16. The summed E-state index contributed by atoms with van der Waals surface area (Å²) in [7, 11) is 0. The first-order valence-electron chi connectivity index (χ1n) is 8.38. The average molecular weight is 420 g/mol. The number of carbonyl (C=O) groups excluding carboxylic acids is 2. The van der Waals surface area contributed by atoms with Gasteiger partial charge in [0.1, 0.15) is 10.6 Å². The minimum atomic E-state index is -4.42. The Balaban J connectivity index is 1.78. The molecule has 2 amide bonds. The van der Waals surface area contributed by atoms with Gasteiger partial charge in [-0.05, 0) is 41.4 Å². The Bertz CT molecular complexity index is 1020. The van der Waals surface area contributed by atoms with Crippen LogP contribution in [-0.4, -0.2) is 21.2 Å². The predicted octanol–water partition coefficient (Wildman–Crippen LogP) is 4.11. The zero-order valence-corrected chi connectivity index (χ0v) is 15.9. The van der Waals surface area contributed by atoms with E-state index >= 15 is 0 Å². The molecule has 0 bridgehead atoms. The topological polar surface area (TPSA) is 84.0 Å². The quantitative estimate of drug-likeness (QED) is 0.651. The van der Waals surface area contributed by atoms with Crippen LogP contribution in [0.25, 0.3) is 11.4 Å². The maximum absolute atomic E-state index is 12.6. The van der Waals surface area contributed by atoms with Gasteiger partial charge >= 0.3 is 6.18 Å². The Kier molecular flexibility index (Phi) is 5.92. The van der Waals surface area contributed by atoms with Gasteiger partial charge in [-0.25, -0.2) is 0 Å². The van der Waals surface area contributed by atoms with E-state index in [1.54, 1.807) is 24.4 Å². The molecule has 10 heteroatoms. The van der Waals surface area contributed by atoms with Gasteiger partial charge in [0.15, 0.2) is 0 Å². The Morgan fingerprint density at radius 2 is 1.83 bits per heavy atom. The van der Waals surface area contributed by atoms with Crippen LogP contribution in [0, 0.1) is 0 Å². The number of amides is 2. The number of hydrogen-bond donors (Lipinski definition) is 2. The van der Waals surface area contributed by atoms with Gasteiger partial charge in [0.05, 0.1) is 16.9 Å². The fourth-order valence-corrected chi connectivity index (χ4v) is 3.25. The zero-order chi connectivity index (χ0) is 21.0. The fraction of sp³-hybridized carbons (Fsp3) is 0.158. The molecule has 3 aromatic rings. The first-order chi connectivity index (χ1) is 13.8. The molecule has 0 aliphatic rings. The molecule has 0 saturated heterocycles. The summed E-state index contributed by atoms with van der Waals surface area (Å²) < 4.78 is 42.1. The van der Waals surface area contributed by atoms with Crippen LogP contribution < -0.4 is 10.6 Å². The van der Waals surface area contributed by atoms with Gasteiger partial charge in [-0.15, -0.1) is 0 Å². The van der Waals surface area contributed by atoms with Crippen molar-refractivity contribution in [3.05, 3.63) is 64.7 Å². The van der Waals surface area contributed by atoms with Gasteiger partial charge in [-0.2, -0.15) is 17.5 Å². The van der Waals surface area contributed by atoms with Crippen LogP contribution in [0.3, 0.4) is 0 Å². The SMILES string of the molecule is CC(=O)Nc1c(-c2ccccn2)nsc1C(=O)NCc1ccc(C(F)(F)F)cc1. The number of halogens is 3. The summed E-state index contributed by atoms with van der Waals surface area (Å²) in [4.78, 5) is 28.5. The van der Waals surface area contributed by atoms with Gasteiger partial charge < -0.3 is 10.6 Å². The van der Waals surface area contributed by atoms with E-state index in [2.05, 4.69) is 20.0 Å². The van der Waals surface area contributed by atoms with E-state index in [9.17, 15) is 22.8 Å². The standard InChI is InChI=1S/C19H15F3N4O2S/c1-11(27)25-16-15(14-4-2-3-9-23-14)26-29-17(16)18(28)24-10-12-5-7-13(8-6-12)19(20,21)22/h2-9H,10H2,1H3,(H,24,28)(H,25,27). The van der Waals surface area contributed by atoms with Crippen LogP contribution in [0.2, 0.25) is 0 Å². The van der Waals surface area contributed by atoms with Crippen molar-refractivity contribution in [2.45, 2.75) is 19.6 Å². The van der Waals surface area contributed by atoms with E-state index in [4.69, 9.17) is 0 Å². The molecule has 0 aliphatic heterocycles. The summed E-state index contributed by atoms with van der Waals surface area (Å²) in [5, 5.41) is 5.24. The third kappa shape index (κ3) is 4.96. The third-order valence-corrected chi connectivity index (χ3v) is 4.69. The maximum atomic E-state index is 12.6. The van der Waals surface area contributed by atoms with Crippen molar-refractivity contribution < 1.29 is 22.8 Å². The molecule has 1 aromatic carbocycles. The van der Waals surface area contributed by atoms with Gasteiger partial charge in [-0.1, -0.05) is 18.2 Å². The lowest BCUT2D eigenvalue weighted by atomic mass is 10.1. The van der Waals surface area contributed by atoms with E-state index in [-0.39, 0.29) is 23.0 Å². The van der Waals surface area contributed by atoms with Crippen molar-refractivity contribution in [1.29, 1.82) is 0 Å². The van der Waals surface area contributed by atoms with Gasteiger partial charge in [0.2, 0.25) is 5.91 Å². The molecule has 0 spiro atoms. The normalized spacial score (nSPS) is 11.2. The molecule has 0 unspecified atom stereocenters. The number of rotatable bonds is 5. The number of anilines is 1. The van der Waals surface area contributed by atoms with Crippen LogP contribution in [0.1, 0.15) is 27.7 Å². The van der Waals surface area contributed by atoms with Crippen LogP contribution in [0.5, 0.6) is 0 Å². The number of aromatic nitrogens is 2. The molecule has 0 saturated carbocycles. The number of nitrogens with zero attached hydrogens (tertiary/aromatic N) is 2. The van der Waals surface area contributed by atoms with E-state index in [1.807, 2.05) is 0 Å². The molecule has 2 aromatic heterocycles. The molecule has 150 valence electrons. The molecule has 2 heterocycles. The largest absolute Gasteiger partial charge is 0.416 e. The smallest absolute Gasteiger partial charge is 0.347 e. The number of pyridine rings is 1. The van der Waals surface area contributed by atoms with E-state index < -0.39 is 17.6 Å². The van der Waals surface area contributed by atoms with Crippen LogP contribution >= 0.6 is 11.5 Å². The Hall–Kier alpha value is -3.27. The van der Waals surface area contributed by atoms with Crippen LogP contribution in [0.4, 0.5) is 18.9 Å². The minimum Gasteiger partial charge on any atom is -0.347 e. The predicted molar refractivity (Wildman–Crippen MR) is 102 cm³/mol. The van der Waals surface area contributed by atoms with E-state index in [1.165, 1.54) is 19.1 Å². The number of benzene rings is 1. The average Bonchev–Trinajstić information content (AvgIpc) is 3.09. The van der Waals surface area contributed by atoms with Crippen molar-refractivity contribution >= 4 is 29.0 Å². The monoisotopic (exact) mass is 420 g/mol. The summed E-state index contributed by atoms with van der Waals surface area (Å²) >= 11 is 0.897. The second-order valence-corrected chi connectivity index (χ2v) is 6.78. The molecule has 0 aliphatic carbocycles. The number of carbonyl (C=O) groups is 2. The Labute approximate surface area is 168 Å². The molecule has 0 atom stereocenters. The summed E-state index contributed by atoms with van der Waals surface area (Å²) in [5.41, 5.74) is 0.843. The Morgan fingerprint density at radius 1 is 1.10 bits per heavy atom. The summed E-state index contributed by atoms with van der Waals surface area (Å²) in [6, 6.07) is 9.68. The lowest BCUT2D eigenvalue weighted by molar-refractivity contribution is -0.137. The molecule has 3 rings (SSSR count). The van der Waals surface area contributed by atoms with Crippen molar-refractivity contribution in [2.75, 3.05) is 5.32 Å². The highest BCUT2D eigenvalue weighted by Gasteiger charge is 2.30. The molecular formula is C19H15F3N4O2S. The Morgan fingerprint density at radius 3 is 2.41 bits per heavy atom. The van der Waals surface area contributed by atoms with Crippen LogP contribution in [0.15, 0.2) is 48.7 Å². The number of alkyl halides is 3. The van der Waals surface area contributed by atoms with Gasteiger partial charge in [-0.3, -0.25) is 14.6 Å². The second-order valence-electron chi connectivity index (χ2n) is 6.01. The number of nitrogens with one attached hydrogen (secondary N) is 2. The number of hydrogen-bond acceptors (Lipinski definition) is 5. The molecule has 2 N–H and O–H groups in total. The van der Waals surface area contributed by atoms with Gasteiger partial charge in [0, 0.05) is 19.7 Å². The van der Waals surface area contributed by atoms with Crippen molar-refractivity contribution in [1.82, 2.24) is 14.7 Å².